The molecule has 0 fully saturated rings. The summed E-state index contributed by atoms with van der Waals surface area (Å²) in [5, 5.41) is 0.498. The van der Waals surface area contributed by atoms with Crippen LogP contribution < -0.4 is 0 Å². The van der Waals surface area contributed by atoms with Gasteiger partial charge in [0, 0.05) is 27.3 Å². The first-order chi connectivity index (χ1) is 3.79. The van der Waals surface area contributed by atoms with Crippen LogP contribution in [0.2, 0.25) is 5.15 Å². The zero-order chi connectivity index (χ0) is 5.98. The molecule has 0 unspecified atom stereocenters. The van der Waals surface area contributed by atoms with Crippen molar-refractivity contribution in [1.29, 1.82) is 0 Å². The Morgan fingerprint density at radius 2 is 2.22 bits per heavy atom. The summed E-state index contributed by atoms with van der Waals surface area (Å²) in [7, 11) is 0. The van der Waals surface area contributed by atoms with Crippen LogP contribution in [0.5, 0.6) is 0 Å². The summed E-state index contributed by atoms with van der Waals surface area (Å²) in [6.45, 7) is 1.80. The molecular weight excluding hydrogens is 319 g/mol. The fourth-order valence-corrected chi connectivity index (χ4v) is 0.606. The van der Waals surface area contributed by atoms with Crippen molar-refractivity contribution in [2.75, 3.05) is 0 Å². The fraction of sp³-hybridized carbons (Fsp3) is 0.200. The molecule has 0 aliphatic carbocycles. The van der Waals surface area contributed by atoms with E-state index in [9.17, 15) is 0 Å². The summed E-state index contributed by atoms with van der Waals surface area (Å²) < 4.78 is 0. The predicted molar refractivity (Wildman–Crippen MR) is 31.8 cm³/mol. The molecule has 52 valence electrons. The Morgan fingerprint density at radius 3 is 2.56 bits per heavy atom. The van der Waals surface area contributed by atoms with Gasteiger partial charge in [0.05, 0.1) is 0 Å². The number of aryl methyl sites for hydroxylation is 1. The molecule has 2 nitrogen and oxygen atoms in total. The second-order valence-corrected chi connectivity index (χ2v) is 1.81. The number of hydrogen-bond donors (Lipinski definition) is 0. The van der Waals surface area contributed by atoms with E-state index in [2.05, 4.69) is 9.97 Å². The predicted octanol–water partition coefficient (Wildman–Crippen LogP) is 1.44. The van der Waals surface area contributed by atoms with E-state index >= 15 is 0 Å². The number of aromatic nitrogens is 2. The molecule has 1 rings (SSSR count). The van der Waals surface area contributed by atoms with Gasteiger partial charge in [-0.25, -0.2) is 9.97 Å². The van der Waals surface area contributed by atoms with E-state index in [0.717, 1.165) is 0 Å². The SMILES string of the molecule is Cc1nccc(Cl)n1.[Pt]. The number of halogens is 1. The van der Waals surface area contributed by atoms with Gasteiger partial charge in [-0.1, -0.05) is 11.6 Å². The van der Waals surface area contributed by atoms with Gasteiger partial charge in [-0.2, -0.15) is 0 Å². The zero-order valence-electron chi connectivity index (χ0n) is 4.74. The van der Waals surface area contributed by atoms with Crippen LogP contribution in [0.25, 0.3) is 0 Å². The molecule has 1 aromatic heterocycles. The molecule has 0 spiro atoms. The van der Waals surface area contributed by atoms with Crippen LogP contribution in [0.15, 0.2) is 12.3 Å². The van der Waals surface area contributed by atoms with Crippen LogP contribution in [0, 0.1) is 6.92 Å². The Kier molecular flexibility index (Phi) is 3.99. The van der Waals surface area contributed by atoms with E-state index in [1.807, 2.05) is 0 Å². The molecule has 0 atom stereocenters. The molecule has 1 aromatic rings. The first-order valence-corrected chi connectivity index (χ1v) is 2.62. The molecule has 1 heterocycles. The van der Waals surface area contributed by atoms with E-state index in [1.165, 1.54) is 0 Å². The largest absolute Gasteiger partial charge is 0.242 e. The molecule has 0 radical (unpaired) electrons. The molecular formula is C5H5ClN2Pt. The molecule has 0 aliphatic rings. The van der Waals surface area contributed by atoms with E-state index in [0.29, 0.717) is 11.0 Å². The Balaban J connectivity index is 0.000000640. The topological polar surface area (TPSA) is 25.8 Å². The zero-order valence-corrected chi connectivity index (χ0v) is 7.77. The summed E-state index contributed by atoms with van der Waals surface area (Å²) in [5.74, 6) is 0.706. The molecule has 0 saturated carbocycles. The third-order valence-electron chi connectivity index (χ3n) is 0.742. The number of rotatable bonds is 0. The minimum atomic E-state index is 0. The Hall–Kier alpha value is 0.0583. The van der Waals surface area contributed by atoms with Gasteiger partial charge in [0.1, 0.15) is 11.0 Å². The van der Waals surface area contributed by atoms with E-state index < -0.39 is 0 Å². The summed E-state index contributed by atoms with van der Waals surface area (Å²) >= 11 is 5.49. The minimum Gasteiger partial charge on any atom is -0.242 e. The summed E-state index contributed by atoms with van der Waals surface area (Å²) in [6, 6.07) is 1.65. The van der Waals surface area contributed by atoms with Gasteiger partial charge in [-0.3, -0.25) is 0 Å². The summed E-state index contributed by atoms with van der Waals surface area (Å²) in [5.41, 5.74) is 0. The first-order valence-electron chi connectivity index (χ1n) is 2.24. The molecule has 0 aromatic carbocycles. The van der Waals surface area contributed by atoms with Crippen LogP contribution in [0.3, 0.4) is 0 Å². The second-order valence-electron chi connectivity index (χ2n) is 1.43. The van der Waals surface area contributed by atoms with Gasteiger partial charge < -0.3 is 0 Å². The average molecular weight is 324 g/mol. The van der Waals surface area contributed by atoms with Crippen LogP contribution >= 0.6 is 11.6 Å². The second kappa shape index (κ2) is 3.97. The van der Waals surface area contributed by atoms with Gasteiger partial charge in [0.25, 0.3) is 0 Å². The van der Waals surface area contributed by atoms with Gasteiger partial charge >= 0.3 is 0 Å². The third-order valence-corrected chi connectivity index (χ3v) is 0.953. The molecule has 0 N–H and O–H groups in total. The Labute approximate surface area is 72.9 Å². The maximum absolute atomic E-state index is 5.49. The molecule has 9 heavy (non-hydrogen) atoms. The Bertz CT molecular complexity index is 175. The van der Waals surface area contributed by atoms with Crippen molar-refractivity contribution in [3.05, 3.63) is 23.2 Å². The third kappa shape index (κ3) is 2.92. The van der Waals surface area contributed by atoms with Gasteiger partial charge in [0.2, 0.25) is 0 Å². The molecule has 0 amide bonds. The molecule has 4 heteroatoms. The number of nitrogens with zero attached hydrogens (tertiary/aromatic N) is 2. The monoisotopic (exact) mass is 323 g/mol. The van der Waals surface area contributed by atoms with Crippen LogP contribution in [-0.2, 0) is 21.1 Å². The Morgan fingerprint density at radius 1 is 1.56 bits per heavy atom. The van der Waals surface area contributed by atoms with Crippen molar-refractivity contribution in [3.8, 4) is 0 Å². The van der Waals surface area contributed by atoms with Crippen LogP contribution in [0.4, 0.5) is 0 Å². The first kappa shape index (κ1) is 9.06. The van der Waals surface area contributed by atoms with Gasteiger partial charge in [0.15, 0.2) is 0 Å². The summed E-state index contributed by atoms with van der Waals surface area (Å²) in [4.78, 5) is 7.67. The maximum Gasteiger partial charge on any atom is 0.132 e. The summed E-state index contributed by atoms with van der Waals surface area (Å²) in [6.07, 6.45) is 1.63. The minimum absolute atomic E-state index is 0. The van der Waals surface area contributed by atoms with Gasteiger partial charge in [-0.05, 0) is 13.0 Å². The van der Waals surface area contributed by atoms with Crippen molar-refractivity contribution >= 4 is 11.6 Å². The van der Waals surface area contributed by atoms with Crippen molar-refractivity contribution < 1.29 is 21.1 Å². The van der Waals surface area contributed by atoms with E-state index in [1.54, 1.807) is 19.2 Å². The standard InChI is InChI=1S/C5H5ClN2.Pt/c1-4-7-3-2-5(6)8-4;/h2-3H,1H3;. The molecule has 0 aliphatic heterocycles. The fourth-order valence-electron chi connectivity index (χ4n) is 0.427. The van der Waals surface area contributed by atoms with Crippen molar-refractivity contribution in [1.82, 2.24) is 9.97 Å². The van der Waals surface area contributed by atoms with E-state index in [4.69, 9.17) is 11.6 Å². The van der Waals surface area contributed by atoms with Crippen molar-refractivity contribution in [2.45, 2.75) is 6.92 Å². The smallest absolute Gasteiger partial charge is 0.132 e. The van der Waals surface area contributed by atoms with Crippen molar-refractivity contribution in [2.24, 2.45) is 0 Å². The van der Waals surface area contributed by atoms with Gasteiger partial charge in [-0.15, -0.1) is 0 Å². The van der Waals surface area contributed by atoms with Crippen LogP contribution in [0.1, 0.15) is 5.82 Å². The average Bonchev–Trinajstić information content (AvgIpc) is 1.64. The van der Waals surface area contributed by atoms with Crippen molar-refractivity contribution in [3.63, 3.8) is 0 Å². The van der Waals surface area contributed by atoms with E-state index in [-0.39, 0.29) is 21.1 Å². The normalized spacial score (nSPS) is 8.22. The van der Waals surface area contributed by atoms with Crippen LogP contribution in [-0.4, -0.2) is 9.97 Å². The molecule has 0 bridgehead atoms. The quantitative estimate of drug-likeness (QED) is 0.675. The number of hydrogen-bond acceptors (Lipinski definition) is 2. The molecule has 0 saturated heterocycles. The maximum atomic E-state index is 5.49.